The van der Waals surface area contributed by atoms with Crippen molar-refractivity contribution in [2.45, 2.75) is 6.61 Å². The minimum Gasteiger partial charge on any atom is -0.489 e. The van der Waals surface area contributed by atoms with E-state index in [0.717, 1.165) is 59.6 Å². The second kappa shape index (κ2) is 7.94. The van der Waals surface area contributed by atoms with Gasteiger partial charge in [-0.15, -0.1) is 5.10 Å². The fourth-order valence-corrected chi connectivity index (χ4v) is 4.48. The van der Waals surface area contributed by atoms with Gasteiger partial charge >= 0.3 is 0 Å². The number of rotatable bonds is 6. The number of fused-ring (bicyclic) bond motifs is 3. The van der Waals surface area contributed by atoms with Crippen molar-refractivity contribution < 1.29 is 9.53 Å². The number of nitrogens with zero attached hydrogens (tertiary/aromatic N) is 4. The quantitative estimate of drug-likeness (QED) is 0.434. The van der Waals surface area contributed by atoms with E-state index in [9.17, 15) is 4.79 Å². The minimum atomic E-state index is -0.149. The predicted molar refractivity (Wildman–Crippen MR) is 130 cm³/mol. The molecular formula is C26H25N5O2. The molecule has 4 bridgehead atoms. The maximum absolute atomic E-state index is 12.8. The molecule has 7 aromatic rings. The number of carbonyl (C=O) groups excluding carboxylic acids is 1. The summed E-state index contributed by atoms with van der Waals surface area (Å²) in [5.74, 6) is 1.26. The van der Waals surface area contributed by atoms with Gasteiger partial charge in [-0.1, -0.05) is 30.3 Å². The van der Waals surface area contributed by atoms with Crippen LogP contribution in [0, 0.1) is 0 Å². The molecule has 7 nitrogen and oxygen atoms in total. The fourth-order valence-electron chi connectivity index (χ4n) is 4.48. The van der Waals surface area contributed by atoms with Crippen LogP contribution in [0.5, 0.6) is 5.75 Å². The molecule has 0 aliphatic carbocycles. The van der Waals surface area contributed by atoms with E-state index in [1.165, 1.54) is 0 Å². The number of amides is 1. The molecule has 1 N–H and O–H groups in total. The van der Waals surface area contributed by atoms with Crippen molar-refractivity contribution in [3.8, 4) is 5.75 Å². The Kier molecular flexibility index (Phi) is 4.77. The van der Waals surface area contributed by atoms with Crippen molar-refractivity contribution >= 4 is 33.8 Å². The Morgan fingerprint density at radius 1 is 0.970 bits per heavy atom. The first-order chi connectivity index (χ1) is 16.2. The third kappa shape index (κ3) is 3.60. The number of piperazine rings is 1. The van der Waals surface area contributed by atoms with Gasteiger partial charge < -0.3 is 19.9 Å². The molecule has 1 fully saturated rings. The van der Waals surface area contributed by atoms with Gasteiger partial charge in [0.2, 0.25) is 0 Å². The van der Waals surface area contributed by atoms with Crippen molar-refractivity contribution in [1.82, 2.24) is 14.5 Å². The Morgan fingerprint density at radius 3 is 2.36 bits per heavy atom. The van der Waals surface area contributed by atoms with Crippen LogP contribution in [0.1, 0.15) is 15.9 Å². The molecule has 33 heavy (non-hydrogen) atoms. The van der Waals surface area contributed by atoms with Crippen molar-refractivity contribution in [3.63, 3.8) is 0 Å². The Bertz CT molecular complexity index is 1340. The van der Waals surface area contributed by atoms with Crippen molar-refractivity contribution in [2.24, 2.45) is 0 Å². The summed E-state index contributed by atoms with van der Waals surface area (Å²) in [4.78, 5) is 17.5. The van der Waals surface area contributed by atoms with Crippen LogP contribution in [0.3, 0.4) is 0 Å². The summed E-state index contributed by atoms with van der Waals surface area (Å²) in [6.07, 6.45) is 0. The van der Waals surface area contributed by atoms with E-state index < -0.39 is 0 Å². The topological polar surface area (TPSA) is 62.1 Å². The molecule has 1 aliphatic rings. The molecule has 7 heteroatoms. The minimum absolute atomic E-state index is 0.149. The molecule has 0 saturated carbocycles. The monoisotopic (exact) mass is 439 g/mol. The smallest absolute Gasteiger partial charge is 0.256 e. The first-order valence-electron chi connectivity index (χ1n) is 11.2. The number of benzene rings is 3. The van der Waals surface area contributed by atoms with Gasteiger partial charge in [-0.05, 0) is 36.9 Å². The second-order valence-corrected chi connectivity index (χ2v) is 8.66. The molecule has 8 rings (SSSR count). The van der Waals surface area contributed by atoms with Gasteiger partial charge in [0.25, 0.3) is 5.91 Å². The van der Waals surface area contributed by atoms with Crippen LogP contribution in [0.4, 0.5) is 11.5 Å². The molecule has 3 aromatic carbocycles. The average molecular weight is 440 g/mol. The van der Waals surface area contributed by atoms with Crippen LogP contribution >= 0.6 is 0 Å². The highest BCUT2D eigenvalue weighted by atomic mass is 16.5. The fraction of sp³-hybridized carbons (Fsp3) is 0.231. The summed E-state index contributed by atoms with van der Waals surface area (Å²) in [5.41, 5.74) is 4.85. The van der Waals surface area contributed by atoms with Gasteiger partial charge in [-0.25, -0.2) is 4.52 Å². The Labute approximate surface area is 191 Å². The molecule has 0 atom stereocenters. The number of pyridine rings is 1. The lowest BCUT2D eigenvalue weighted by Gasteiger charge is -2.34. The molecular weight excluding hydrogens is 414 g/mol. The van der Waals surface area contributed by atoms with E-state index in [0.29, 0.717) is 18.0 Å². The van der Waals surface area contributed by atoms with Crippen LogP contribution in [0.25, 0.3) is 16.4 Å². The first-order valence-corrected chi connectivity index (χ1v) is 11.2. The van der Waals surface area contributed by atoms with Crippen LogP contribution in [-0.4, -0.2) is 53.6 Å². The molecule has 0 unspecified atom stereocenters. The first kappa shape index (κ1) is 19.8. The molecule has 1 saturated heterocycles. The van der Waals surface area contributed by atoms with E-state index in [1.54, 1.807) is 0 Å². The maximum atomic E-state index is 12.8. The number of anilines is 2. The van der Waals surface area contributed by atoms with Crippen molar-refractivity contribution in [1.29, 1.82) is 0 Å². The van der Waals surface area contributed by atoms with Crippen LogP contribution in [-0.2, 0) is 6.61 Å². The summed E-state index contributed by atoms with van der Waals surface area (Å²) in [5, 5.41) is 8.48. The third-order valence-electron chi connectivity index (χ3n) is 6.44. The lowest BCUT2D eigenvalue weighted by molar-refractivity contribution is 0.102. The zero-order valence-corrected chi connectivity index (χ0v) is 18.5. The normalized spacial score (nSPS) is 15.0. The van der Waals surface area contributed by atoms with Gasteiger partial charge in [0.05, 0.1) is 16.4 Å². The lowest BCUT2D eigenvalue weighted by atomic mass is 10.1. The average Bonchev–Trinajstić information content (AvgIpc) is 3.41. The molecule has 0 radical (unpaired) electrons. The lowest BCUT2D eigenvalue weighted by Crippen LogP contribution is -2.44. The zero-order valence-electron chi connectivity index (χ0n) is 18.5. The molecule has 1 aliphatic heterocycles. The highest BCUT2D eigenvalue weighted by Crippen LogP contribution is 2.39. The van der Waals surface area contributed by atoms with Gasteiger partial charge in [0, 0.05) is 49.6 Å². The molecule has 0 spiro atoms. The number of likely N-dealkylation sites (N-methyl/N-ethyl adjacent to an activating group) is 1. The molecule has 1 amide bonds. The van der Waals surface area contributed by atoms with E-state index in [4.69, 9.17) is 4.74 Å². The molecule has 5 heterocycles. The predicted octanol–water partition coefficient (Wildman–Crippen LogP) is 3.95. The van der Waals surface area contributed by atoms with Crippen LogP contribution < -0.4 is 15.0 Å². The Balaban J connectivity index is 1.12. The van der Waals surface area contributed by atoms with Crippen molar-refractivity contribution in [2.75, 3.05) is 43.4 Å². The standard InChI is InChI=1S/C26H25N5O2/c1-29-11-13-30(14-12-29)20-9-7-19(8-10-20)26(32)27-25-24-22-15-21(16-23(24)31(22)28-25)33-17-18-5-3-2-4-6-18/h2-10,15-16H,11-14,17H2,1H3,(H,27,28,32). The SMILES string of the molecule is CN1CCN(c2ccc(C(=O)Nc3nn4c5cc(OCc6ccccc6)cc4c35)cc2)CC1. The number of nitrogens with one attached hydrogen (secondary N) is 1. The second-order valence-electron chi connectivity index (χ2n) is 8.66. The Hall–Kier alpha value is -3.84. The van der Waals surface area contributed by atoms with Gasteiger partial charge in [0.15, 0.2) is 5.82 Å². The van der Waals surface area contributed by atoms with Gasteiger partial charge in [0.1, 0.15) is 12.4 Å². The van der Waals surface area contributed by atoms with E-state index in [1.807, 2.05) is 71.2 Å². The van der Waals surface area contributed by atoms with Gasteiger partial charge in [-0.2, -0.15) is 0 Å². The van der Waals surface area contributed by atoms with E-state index in [2.05, 4.69) is 27.3 Å². The zero-order chi connectivity index (χ0) is 22.4. The summed E-state index contributed by atoms with van der Waals surface area (Å²) < 4.78 is 7.77. The summed E-state index contributed by atoms with van der Waals surface area (Å²) in [7, 11) is 2.15. The molecule has 166 valence electrons. The Morgan fingerprint density at radius 2 is 1.67 bits per heavy atom. The highest BCUT2D eigenvalue weighted by Gasteiger charge is 2.24. The van der Waals surface area contributed by atoms with Crippen molar-refractivity contribution in [3.05, 3.63) is 77.9 Å². The van der Waals surface area contributed by atoms with E-state index >= 15 is 0 Å². The third-order valence-corrected chi connectivity index (χ3v) is 6.44. The van der Waals surface area contributed by atoms with E-state index in [-0.39, 0.29) is 5.91 Å². The number of hydrogen-bond donors (Lipinski definition) is 1. The summed E-state index contributed by atoms with van der Waals surface area (Å²) >= 11 is 0. The molecule has 4 aromatic heterocycles. The summed E-state index contributed by atoms with van der Waals surface area (Å²) in [6, 6.07) is 21.8. The number of aromatic nitrogens is 2. The maximum Gasteiger partial charge on any atom is 0.256 e. The van der Waals surface area contributed by atoms with Crippen LogP contribution in [0.15, 0.2) is 66.7 Å². The summed E-state index contributed by atoms with van der Waals surface area (Å²) in [6.45, 7) is 4.64. The van der Waals surface area contributed by atoms with Gasteiger partial charge in [-0.3, -0.25) is 4.79 Å². The largest absolute Gasteiger partial charge is 0.489 e. The number of hydrogen-bond acceptors (Lipinski definition) is 5. The highest BCUT2D eigenvalue weighted by molar-refractivity contribution is 6.16. The number of ether oxygens (including phenoxy) is 1. The van der Waals surface area contributed by atoms with Crippen LogP contribution in [0.2, 0.25) is 0 Å². The number of carbonyl (C=O) groups is 1.